The molecule has 294 valence electrons. The van der Waals surface area contributed by atoms with Gasteiger partial charge in [-0.3, -0.25) is 4.79 Å². The molecule has 0 spiro atoms. The average molecular weight is 761 g/mol. The Morgan fingerprint density at radius 3 is 1.85 bits per heavy atom. The maximum atomic E-state index is 13.9. The first-order valence-electron chi connectivity index (χ1n) is 18.6. The van der Waals surface area contributed by atoms with E-state index in [0.717, 1.165) is 62.0 Å². The second-order valence-corrected chi connectivity index (χ2v) is 15.5. The van der Waals surface area contributed by atoms with Crippen LogP contribution in [0, 0.1) is 24.7 Å². The van der Waals surface area contributed by atoms with E-state index in [2.05, 4.69) is 20.2 Å². The van der Waals surface area contributed by atoms with Crippen LogP contribution in [0.5, 0.6) is 0 Å². The fourth-order valence-corrected chi connectivity index (χ4v) is 6.11. The van der Waals surface area contributed by atoms with Gasteiger partial charge in [0, 0.05) is 43.0 Å². The van der Waals surface area contributed by atoms with Crippen molar-refractivity contribution in [2.45, 2.75) is 112 Å². The summed E-state index contributed by atoms with van der Waals surface area (Å²) >= 11 is 0. The number of aromatic nitrogens is 5. The van der Waals surface area contributed by atoms with Gasteiger partial charge >= 0.3 is 12.4 Å². The Labute approximate surface area is 312 Å². The average Bonchev–Trinajstić information content (AvgIpc) is 4.04. The molecule has 4 aromatic rings. The van der Waals surface area contributed by atoms with Gasteiger partial charge in [-0.15, -0.1) is 0 Å². The molecule has 2 aliphatic rings. The lowest BCUT2D eigenvalue weighted by Gasteiger charge is -2.30. The number of nitrogens with one attached hydrogen (secondary N) is 1. The van der Waals surface area contributed by atoms with Gasteiger partial charge in [0.2, 0.25) is 11.9 Å². The standard InChI is InChI=1S/C37H44F6N8O.C2H6/c1-21(2)33(52)46-29-15-44-34(45-16-29)50(19-25-11-27(36(38,39)40)14-28(12-25)37(41,42)43)20-26-13-30-22(3)48-51(35(4,5)6)32(30)47-31(26)49(17-23-7-8-23)18-24-9-10-24;1-2/h11-16,21,23-24H,7-10,17-20H2,1-6H3,(H,46,52);1-2H3. The summed E-state index contributed by atoms with van der Waals surface area (Å²) in [4.78, 5) is 30.3. The molecule has 0 bridgehead atoms. The first-order valence-corrected chi connectivity index (χ1v) is 18.6. The monoisotopic (exact) mass is 760 g/mol. The molecule has 1 N–H and O–H groups in total. The van der Waals surface area contributed by atoms with Crippen LogP contribution in [0.4, 0.5) is 43.8 Å². The number of aryl methyl sites for hydroxylation is 1. The smallest absolute Gasteiger partial charge is 0.356 e. The molecule has 3 heterocycles. The van der Waals surface area contributed by atoms with Gasteiger partial charge in [0.15, 0.2) is 5.65 Å². The maximum Gasteiger partial charge on any atom is 0.416 e. The highest BCUT2D eigenvalue weighted by atomic mass is 19.4. The number of amides is 1. The van der Waals surface area contributed by atoms with E-state index in [1.807, 2.05) is 52.3 Å². The van der Waals surface area contributed by atoms with Crippen molar-refractivity contribution in [2.75, 3.05) is 28.2 Å². The minimum absolute atomic E-state index is 0.0134. The zero-order chi connectivity index (χ0) is 39.7. The van der Waals surface area contributed by atoms with Gasteiger partial charge in [0.05, 0.1) is 40.4 Å². The Morgan fingerprint density at radius 1 is 0.852 bits per heavy atom. The molecule has 54 heavy (non-hydrogen) atoms. The summed E-state index contributed by atoms with van der Waals surface area (Å²) in [5.41, 5.74) is -0.962. The van der Waals surface area contributed by atoms with Crippen LogP contribution in [0.2, 0.25) is 0 Å². The highest BCUT2D eigenvalue weighted by Gasteiger charge is 2.38. The van der Waals surface area contributed by atoms with E-state index in [9.17, 15) is 31.1 Å². The number of alkyl halides is 6. The number of nitrogens with zero attached hydrogens (tertiary/aromatic N) is 7. The van der Waals surface area contributed by atoms with E-state index >= 15 is 0 Å². The predicted molar refractivity (Wildman–Crippen MR) is 198 cm³/mol. The highest BCUT2D eigenvalue weighted by Crippen LogP contribution is 2.40. The number of carbonyl (C=O) groups is 1. The molecule has 15 heteroatoms. The first-order chi connectivity index (χ1) is 25.3. The summed E-state index contributed by atoms with van der Waals surface area (Å²) in [6, 6.07) is 3.56. The number of fused-ring (bicyclic) bond motifs is 1. The number of benzene rings is 1. The third-order valence-electron chi connectivity index (χ3n) is 9.28. The number of halogens is 6. The van der Waals surface area contributed by atoms with Crippen LogP contribution in [0.25, 0.3) is 11.0 Å². The van der Waals surface area contributed by atoms with Crippen LogP contribution in [0.1, 0.15) is 102 Å². The summed E-state index contributed by atoms with van der Waals surface area (Å²) in [7, 11) is 0. The molecule has 2 saturated carbocycles. The summed E-state index contributed by atoms with van der Waals surface area (Å²) in [6.45, 7) is 16.7. The molecule has 0 saturated heterocycles. The first kappa shape index (κ1) is 40.7. The van der Waals surface area contributed by atoms with Gasteiger partial charge in [-0.1, -0.05) is 27.7 Å². The number of rotatable bonds is 12. The fraction of sp³-hybridized carbons (Fsp3) is 0.564. The predicted octanol–water partition coefficient (Wildman–Crippen LogP) is 9.78. The molecule has 9 nitrogen and oxygen atoms in total. The molecule has 1 amide bonds. The number of carbonyl (C=O) groups excluding carboxylic acids is 1. The Morgan fingerprint density at radius 2 is 1.39 bits per heavy atom. The maximum absolute atomic E-state index is 13.9. The lowest BCUT2D eigenvalue weighted by molar-refractivity contribution is -0.143. The summed E-state index contributed by atoms with van der Waals surface area (Å²) in [5.74, 6) is 1.19. The van der Waals surface area contributed by atoms with E-state index in [1.54, 1.807) is 18.7 Å². The minimum Gasteiger partial charge on any atom is -0.356 e. The molecule has 2 fully saturated rings. The van der Waals surface area contributed by atoms with Crippen molar-refractivity contribution in [3.05, 3.63) is 64.6 Å². The van der Waals surface area contributed by atoms with Crippen LogP contribution in [-0.4, -0.2) is 43.7 Å². The number of hydrogen-bond donors (Lipinski definition) is 1. The van der Waals surface area contributed by atoms with Crippen molar-refractivity contribution < 1.29 is 31.1 Å². The van der Waals surface area contributed by atoms with Gasteiger partial charge in [-0.2, -0.15) is 31.4 Å². The van der Waals surface area contributed by atoms with E-state index in [0.29, 0.717) is 34.6 Å². The normalized spacial score (nSPS) is 14.9. The molecule has 0 atom stereocenters. The van der Waals surface area contributed by atoms with E-state index in [4.69, 9.17) is 10.1 Å². The van der Waals surface area contributed by atoms with Crippen molar-refractivity contribution in [1.29, 1.82) is 0 Å². The molecule has 0 unspecified atom stereocenters. The second kappa shape index (κ2) is 15.7. The van der Waals surface area contributed by atoms with Crippen molar-refractivity contribution in [2.24, 2.45) is 17.8 Å². The van der Waals surface area contributed by atoms with Crippen molar-refractivity contribution in [1.82, 2.24) is 24.7 Å². The topological polar surface area (TPSA) is 92.1 Å². The summed E-state index contributed by atoms with van der Waals surface area (Å²) < 4.78 is 85.4. The van der Waals surface area contributed by atoms with Gasteiger partial charge in [-0.05, 0) is 95.0 Å². The quantitative estimate of drug-likeness (QED) is 0.144. The van der Waals surface area contributed by atoms with Gasteiger partial charge in [0.1, 0.15) is 5.82 Å². The van der Waals surface area contributed by atoms with Crippen molar-refractivity contribution >= 4 is 34.4 Å². The highest BCUT2D eigenvalue weighted by molar-refractivity contribution is 5.91. The third kappa shape index (κ3) is 10.0. The van der Waals surface area contributed by atoms with Crippen LogP contribution < -0.4 is 15.1 Å². The molecule has 0 radical (unpaired) electrons. The van der Waals surface area contributed by atoms with Crippen molar-refractivity contribution in [3.8, 4) is 0 Å². The van der Waals surface area contributed by atoms with Gasteiger partial charge in [-0.25, -0.2) is 19.6 Å². The number of anilines is 3. The summed E-state index contributed by atoms with van der Waals surface area (Å²) in [6.07, 6.45) is -2.85. The zero-order valence-electron chi connectivity index (χ0n) is 32.2. The third-order valence-corrected chi connectivity index (χ3v) is 9.28. The fourth-order valence-electron chi connectivity index (χ4n) is 6.11. The molecule has 1 aromatic carbocycles. The summed E-state index contributed by atoms with van der Waals surface area (Å²) in [5, 5.41) is 8.31. The van der Waals surface area contributed by atoms with Gasteiger partial charge < -0.3 is 15.1 Å². The molecular weight excluding hydrogens is 710 g/mol. The van der Waals surface area contributed by atoms with Crippen LogP contribution in [-0.2, 0) is 35.8 Å². The lowest BCUT2D eigenvalue weighted by atomic mass is 10.0. The molecular formula is C39H50F6N8O. The van der Waals surface area contributed by atoms with Gasteiger partial charge in [0.25, 0.3) is 0 Å². The Bertz CT molecular complexity index is 1880. The second-order valence-electron chi connectivity index (χ2n) is 15.5. The minimum atomic E-state index is -5.01. The SMILES string of the molecule is CC.Cc1nn(C(C)(C)C)c2nc(N(CC3CC3)CC3CC3)c(CN(Cc3cc(C(F)(F)F)cc(C(F)(F)F)c3)c3ncc(NC(=O)C(C)C)cn3)cc12. The Kier molecular flexibility index (Phi) is 11.9. The molecule has 2 aliphatic carbocycles. The molecule has 6 rings (SSSR count). The molecule has 3 aromatic heterocycles. The van der Waals surface area contributed by atoms with Crippen LogP contribution in [0.15, 0.2) is 36.7 Å². The molecule has 0 aliphatic heterocycles. The number of pyridine rings is 1. The van der Waals surface area contributed by atoms with E-state index in [1.165, 1.54) is 12.4 Å². The van der Waals surface area contributed by atoms with Crippen molar-refractivity contribution in [3.63, 3.8) is 0 Å². The van der Waals surface area contributed by atoms with Crippen LogP contribution >= 0.6 is 0 Å². The Balaban J connectivity index is 0.00000276. The van der Waals surface area contributed by atoms with Crippen LogP contribution in [0.3, 0.4) is 0 Å². The van der Waals surface area contributed by atoms with E-state index in [-0.39, 0.29) is 48.0 Å². The largest absolute Gasteiger partial charge is 0.416 e. The Hall–Kier alpha value is -4.43. The zero-order valence-corrected chi connectivity index (χ0v) is 32.2. The van der Waals surface area contributed by atoms with E-state index < -0.39 is 23.5 Å². The lowest BCUT2D eigenvalue weighted by Crippen LogP contribution is -2.32. The number of hydrogen-bond acceptors (Lipinski definition) is 7.